The molecule has 0 amide bonds. The number of hydrogen-bond donors (Lipinski definition) is 2. The Kier molecular flexibility index (Phi) is 4.45. The highest BCUT2D eigenvalue weighted by atomic mass is 16.3. The molecule has 0 atom stereocenters. The van der Waals surface area contributed by atoms with Gasteiger partial charge in [-0.25, -0.2) is 0 Å². The fourth-order valence-corrected chi connectivity index (χ4v) is 2.15. The van der Waals surface area contributed by atoms with Crippen LogP contribution in [0.4, 0.5) is 5.69 Å². The van der Waals surface area contributed by atoms with Crippen molar-refractivity contribution < 1.29 is 5.11 Å². The van der Waals surface area contributed by atoms with E-state index >= 15 is 0 Å². The third-order valence-electron chi connectivity index (χ3n) is 3.34. The first-order chi connectivity index (χ1) is 9.16. The Labute approximate surface area is 115 Å². The van der Waals surface area contributed by atoms with Crippen LogP contribution in [0.25, 0.3) is 0 Å². The molecule has 0 aliphatic carbocycles. The number of anilines is 1. The van der Waals surface area contributed by atoms with Gasteiger partial charge < -0.3 is 10.4 Å². The van der Waals surface area contributed by atoms with Gasteiger partial charge in [0.25, 0.3) is 0 Å². The van der Waals surface area contributed by atoms with Gasteiger partial charge in [-0.3, -0.25) is 0 Å². The second-order valence-corrected chi connectivity index (χ2v) is 4.97. The minimum Gasteiger partial charge on any atom is -0.508 e. The first kappa shape index (κ1) is 13.5. The maximum Gasteiger partial charge on any atom is 0.118 e. The van der Waals surface area contributed by atoms with Crippen molar-refractivity contribution in [1.29, 1.82) is 0 Å². The summed E-state index contributed by atoms with van der Waals surface area (Å²) in [5.74, 6) is 0.368. The Morgan fingerprint density at radius 2 is 1.74 bits per heavy atom. The highest BCUT2D eigenvalue weighted by molar-refractivity contribution is 5.56. The Balaban J connectivity index is 1.85. The minimum absolute atomic E-state index is 0.368. The second kappa shape index (κ2) is 6.28. The number of phenolic OH excluding ortho intramolecular Hbond substituents is 1. The highest BCUT2D eigenvalue weighted by Gasteiger charge is 2.02. The fourth-order valence-electron chi connectivity index (χ4n) is 2.15. The predicted octanol–water partition coefficient (Wildman–Crippen LogP) is 4.05. The van der Waals surface area contributed by atoms with E-state index in [1.807, 2.05) is 32.0 Å². The second-order valence-electron chi connectivity index (χ2n) is 4.97. The van der Waals surface area contributed by atoms with Crippen LogP contribution in [0.15, 0.2) is 42.5 Å². The monoisotopic (exact) mass is 255 g/mol. The molecule has 0 saturated carbocycles. The predicted molar refractivity (Wildman–Crippen MR) is 80.8 cm³/mol. The van der Waals surface area contributed by atoms with Gasteiger partial charge in [0.05, 0.1) is 0 Å². The summed E-state index contributed by atoms with van der Waals surface area (Å²) in [5, 5.41) is 13.1. The maximum atomic E-state index is 9.62. The van der Waals surface area contributed by atoms with E-state index in [0.717, 1.165) is 36.2 Å². The van der Waals surface area contributed by atoms with Crippen molar-refractivity contribution in [2.75, 3.05) is 11.9 Å². The average Bonchev–Trinajstić information content (AvgIpc) is 2.41. The summed E-state index contributed by atoms with van der Waals surface area (Å²) in [6.45, 7) is 4.88. The zero-order chi connectivity index (χ0) is 13.7. The first-order valence-corrected chi connectivity index (χ1v) is 6.75. The minimum atomic E-state index is 0.368. The molecule has 0 aliphatic rings. The topological polar surface area (TPSA) is 32.3 Å². The molecule has 2 aromatic carbocycles. The molecule has 2 heteroatoms. The highest BCUT2D eigenvalue weighted by Crippen LogP contribution is 2.24. The van der Waals surface area contributed by atoms with Gasteiger partial charge in [-0.1, -0.05) is 30.3 Å². The Hall–Kier alpha value is -1.96. The normalized spacial score (nSPS) is 10.4. The molecule has 0 bridgehead atoms. The number of benzene rings is 2. The lowest BCUT2D eigenvalue weighted by atomic mass is 10.1. The molecule has 0 aliphatic heterocycles. The maximum absolute atomic E-state index is 9.62. The Bertz CT molecular complexity index is 534. The van der Waals surface area contributed by atoms with Crippen LogP contribution >= 0.6 is 0 Å². The van der Waals surface area contributed by atoms with Crippen LogP contribution in [0, 0.1) is 13.8 Å². The van der Waals surface area contributed by atoms with E-state index in [0.29, 0.717) is 5.75 Å². The van der Waals surface area contributed by atoms with Gasteiger partial charge in [0.15, 0.2) is 0 Å². The zero-order valence-corrected chi connectivity index (χ0v) is 11.6. The van der Waals surface area contributed by atoms with E-state index in [4.69, 9.17) is 0 Å². The van der Waals surface area contributed by atoms with E-state index in [9.17, 15) is 5.11 Å². The Morgan fingerprint density at radius 3 is 2.47 bits per heavy atom. The van der Waals surface area contributed by atoms with E-state index in [1.165, 1.54) is 5.56 Å². The quantitative estimate of drug-likeness (QED) is 0.624. The molecule has 0 saturated heterocycles. The lowest BCUT2D eigenvalue weighted by Crippen LogP contribution is -2.04. The fraction of sp³-hybridized carbons (Fsp3) is 0.294. The molecule has 2 aromatic rings. The van der Waals surface area contributed by atoms with Crippen LogP contribution < -0.4 is 5.32 Å². The van der Waals surface area contributed by atoms with Gasteiger partial charge in [0.2, 0.25) is 0 Å². The van der Waals surface area contributed by atoms with Crippen molar-refractivity contribution in [3.8, 4) is 5.75 Å². The standard InChI is InChI=1S/C17H21NO/c1-13-12-17(19)14(2)11-16(13)18-10-6-9-15-7-4-3-5-8-15/h3-5,7-8,11-12,18-19H,6,9-10H2,1-2H3. The molecule has 0 heterocycles. The first-order valence-electron chi connectivity index (χ1n) is 6.75. The third kappa shape index (κ3) is 3.75. The molecule has 2 N–H and O–H groups in total. The molecule has 0 radical (unpaired) electrons. The number of hydrogen-bond acceptors (Lipinski definition) is 2. The molecule has 0 unspecified atom stereocenters. The lowest BCUT2D eigenvalue weighted by molar-refractivity contribution is 0.471. The molecule has 2 rings (SSSR count). The third-order valence-corrected chi connectivity index (χ3v) is 3.34. The molecule has 2 nitrogen and oxygen atoms in total. The number of rotatable bonds is 5. The summed E-state index contributed by atoms with van der Waals surface area (Å²) in [7, 11) is 0. The van der Waals surface area contributed by atoms with E-state index in [-0.39, 0.29) is 0 Å². The van der Waals surface area contributed by atoms with Crippen molar-refractivity contribution in [2.45, 2.75) is 26.7 Å². The molecule has 0 fully saturated rings. The van der Waals surface area contributed by atoms with Gasteiger partial charge in [-0.05, 0) is 55.5 Å². The summed E-state index contributed by atoms with van der Waals surface area (Å²) in [6.07, 6.45) is 2.19. The summed E-state index contributed by atoms with van der Waals surface area (Å²) >= 11 is 0. The van der Waals surface area contributed by atoms with Crippen molar-refractivity contribution in [3.63, 3.8) is 0 Å². The number of aryl methyl sites for hydroxylation is 3. The smallest absolute Gasteiger partial charge is 0.118 e. The van der Waals surface area contributed by atoms with Gasteiger partial charge in [0, 0.05) is 12.2 Å². The van der Waals surface area contributed by atoms with E-state index in [2.05, 4.69) is 29.6 Å². The van der Waals surface area contributed by atoms with Gasteiger partial charge in [0.1, 0.15) is 5.75 Å². The van der Waals surface area contributed by atoms with Crippen molar-refractivity contribution in [1.82, 2.24) is 0 Å². The largest absolute Gasteiger partial charge is 0.508 e. The molecular formula is C17H21NO. The SMILES string of the molecule is Cc1cc(NCCCc2ccccc2)c(C)cc1O. The molecular weight excluding hydrogens is 234 g/mol. The van der Waals surface area contributed by atoms with Gasteiger partial charge in [-0.15, -0.1) is 0 Å². The van der Waals surface area contributed by atoms with Crippen molar-refractivity contribution >= 4 is 5.69 Å². The molecule has 19 heavy (non-hydrogen) atoms. The van der Waals surface area contributed by atoms with Crippen LogP contribution in [0.1, 0.15) is 23.1 Å². The number of phenols is 1. The van der Waals surface area contributed by atoms with Crippen LogP contribution in [-0.2, 0) is 6.42 Å². The summed E-state index contributed by atoms with van der Waals surface area (Å²) in [5.41, 5.74) is 4.49. The van der Waals surface area contributed by atoms with Crippen LogP contribution in [0.2, 0.25) is 0 Å². The van der Waals surface area contributed by atoms with E-state index < -0.39 is 0 Å². The van der Waals surface area contributed by atoms with E-state index in [1.54, 1.807) is 0 Å². The van der Waals surface area contributed by atoms with Crippen LogP contribution in [-0.4, -0.2) is 11.7 Å². The molecule has 100 valence electrons. The molecule has 0 spiro atoms. The van der Waals surface area contributed by atoms with Crippen LogP contribution in [0.3, 0.4) is 0 Å². The zero-order valence-electron chi connectivity index (χ0n) is 11.6. The van der Waals surface area contributed by atoms with Crippen molar-refractivity contribution in [3.05, 3.63) is 59.2 Å². The number of aromatic hydroxyl groups is 1. The number of nitrogens with one attached hydrogen (secondary N) is 1. The summed E-state index contributed by atoms with van der Waals surface area (Å²) in [4.78, 5) is 0. The van der Waals surface area contributed by atoms with Gasteiger partial charge >= 0.3 is 0 Å². The average molecular weight is 255 g/mol. The molecule has 0 aromatic heterocycles. The van der Waals surface area contributed by atoms with Crippen LogP contribution in [0.5, 0.6) is 5.75 Å². The Morgan fingerprint density at radius 1 is 1.00 bits per heavy atom. The lowest BCUT2D eigenvalue weighted by Gasteiger charge is -2.11. The summed E-state index contributed by atoms with van der Waals surface area (Å²) < 4.78 is 0. The summed E-state index contributed by atoms with van der Waals surface area (Å²) in [6, 6.07) is 14.4. The van der Waals surface area contributed by atoms with Gasteiger partial charge in [-0.2, -0.15) is 0 Å². The van der Waals surface area contributed by atoms with Crippen molar-refractivity contribution in [2.24, 2.45) is 0 Å².